The van der Waals surface area contributed by atoms with Crippen LogP contribution in [0, 0.1) is 12.8 Å². The average molecular weight is 218 g/mol. The van der Waals surface area contributed by atoms with Crippen LogP contribution in [0.1, 0.15) is 37.7 Å². The molecule has 2 heteroatoms. The minimum atomic E-state index is 0.844. The average Bonchev–Trinajstić information content (AvgIpc) is 2.32. The molecular weight excluding hydrogens is 196 g/mol. The summed E-state index contributed by atoms with van der Waals surface area (Å²) < 4.78 is 0. The molecule has 0 atom stereocenters. The normalized spacial score (nSPS) is 17.3. The molecule has 0 amide bonds. The highest BCUT2D eigenvalue weighted by molar-refractivity contribution is 5.59. The summed E-state index contributed by atoms with van der Waals surface area (Å²) in [6.07, 6.45) is 7.00. The molecule has 0 spiro atoms. The molecular formula is C14H22N2. The van der Waals surface area contributed by atoms with Gasteiger partial charge in [0.15, 0.2) is 0 Å². The van der Waals surface area contributed by atoms with Crippen LogP contribution in [-0.2, 0) is 0 Å². The molecule has 1 saturated carbocycles. The fraction of sp³-hybridized carbons (Fsp3) is 0.571. The van der Waals surface area contributed by atoms with Gasteiger partial charge in [0.2, 0.25) is 0 Å². The van der Waals surface area contributed by atoms with Crippen molar-refractivity contribution < 1.29 is 0 Å². The van der Waals surface area contributed by atoms with E-state index in [1.807, 2.05) is 12.1 Å². The number of nitrogen functional groups attached to an aromatic ring is 1. The molecule has 0 saturated heterocycles. The fourth-order valence-electron chi connectivity index (χ4n) is 2.48. The van der Waals surface area contributed by atoms with Crippen LogP contribution in [0.2, 0.25) is 0 Å². The van der Waals surface area contributed by atoms with Crippen LogP contribution < -0.4 is 11.1 Å². The van der Waals surface area contributed by atoms with Crippen LogP contribution in [0.4, 0.5) is 11.4 Å². The lowest BCUT2D eigenvalue weighted by molar-refractivity contribution is 0.373. The van der Waals surface area contributed by atoms with Gasteiger partial charge < -0.3 is 11.1 Å². The largest absolute Gasteiger partial charge is 0.399 e. The number of nitrogens with two attached hydrogens (primary N) is 1. The van der Waals surface area contributed by atoms with E-state index >= 15 is 0 Å². The first-order valence-corrected chi connectivity index (χ1v) is 6.36. The summed E-state index contributed by atoms with van der Waals surface area (Å²) in [7, 11) is 0. The van der Waals surface area contributed by atoms with Gasteiger partial charge in [0.05, 0.1) is 0 Å². The maximum atomic E-state index is 5.80. The zero-order chi connectivity index (χ0) is 11.4. The number of hydrogen-bond acceptors (Lipinski definition) is 2. The monoisotopic (exact) mass is 218 g/mol. The van der Waals surface area contributed by atoms with Gasteiger partial charge in [-0.15, -0.1) is 0 Å². The molecule has 0 heterocycles. The first kappa shape index (κ1) is 11.3. The van der Waals surface area contributed by atoms with Crippen LogP contribution in [-0.4, -0.2) is 6.54 Å². The second-order valence-electron chi connectivity index (χ2n) is 4.96. The van der Waals surface area contributed by atoms with Crippen LogP contribution in [0.5, 0.6) is 0 Å². The first-order chi connectivity index (χ1) is 7.75. The fourth-order valence-corrected chi connectivity index (χ4v) is 2.48. The highest BCUT2D eigenvalue weighted by Crippen LogP contribution is 2.25. The Morgan fingerprint density at radius 2 is 2.00 bits per heavy atom. The third-order valence-corrected chi connectivity index (χ3v) is 3.57. The lowest BCUT2D eigenvalue weighted by Crippen LogP contribution is -2.17. The lowest BCUT2D eigenvalue weighted by atomic mass is 9.89. The molecule has 16 heavy (non-hydrogen) atoms. The third kappa shape index (κ3) is 2.91. The van der Waals surface area contributed by atoms with Crippen LogP contribution in [0.15, 0.2) is 18.2 Å². The second-order valence-corrected chi connectivity index (χ2v) is 4.96. The summed E-state index contributed by atoms with van der Waals surface area (Å²) in [6, 6.07) is 6.08. The molecule has 1 aliphatic carbocycles. The van der Waals surface area contributed by atoms with E-state index in [1.54, 1.807) is 0 Å². The topological polar surface area (TPSA) is 38.0 Å². The molecule has 2 nitrogen and oxygen atoms in total. The van der Waals surface area contributed by atoms with Crippen molar-refractivity contribution in [2.45, 2.75) is 39.0 Å². The highest BCUT2D eigenvalue weighted by atomic mass is 14.9. The summed E-state index contributed by atoms with van der Waals surface area (Å²) in [5.41, 5.74) is 9.12. The standard InChI is InChI=1S/C14H22N2/c1-11-7-8-13(15)9-14(11)16-10-12-5-3-2-4-6-12/h7-9,12,16H,2-6,10,15H2,1H3. The molecule has 88 valence electrons. The van der Waals surface area contributed by atoms with E-state index < -0.39 is 0 Å². The van der Waals surface area contributed by atoms with Gasteiger partial charge in [-0.3, -0.25) is 0 Å². The predicted octanol–water partition coefficient (Wildman–Crippen LogP) is 3.57. The Bertz CT molecular complexity index is 341. The minimum absolute atomic E-state index is 0.844. The summed E-state index contributed by atoms with van der Waals surface area (Å²) in [4.78, 5) is 0. The van der Waals surface area contributed by atoms with Crippen molar-refractivity contribution in [3.63, 3.8) is 0 Å². The summed E-state index contributed by atoms with van der Waals surface area (Å²) in [6.45, 7) is 3.23. The van der Waals surface area contributed by atoms with Gasteiger partial charge in [-0.25, -0.2) is 0 Å². The zero-order valence-corrected chi connectivity index (χ0v) is 10.1. The number of nitrogens with one attached hydrogen (secondary N) is 1. The summed E-state index contributed by atoms with van der Waals surface area (Å²) in [5.74, 6) is 0.856. The van der Waals surface area contributed by atoms with Crippen LogP contribution >= 0.6 is 0 Å². The van der Waals surface area contributed by atoms with Gasteiger partial charge >= 0.3 is 0 Å². The molecule has 1 fully saturated rings. The Hall–Kier alpha value is -1.18. The number of benzene rings is 1. The van der Waals surface area contributed by atoms with Gasteiger partial charge in [0, 0.05) is 17.9 Å². The van der Waals surface area contributed by atoms with Gasteiger partial charge in [-0.05, 0) is 43.4 Å². The van der Waals surface area contributed by atoms with E-state index in [4.69, 9.17) is 5.73 Å². The van der Waals surface area contributed by atoms with Gasteiger partial charge in [-0.2, -0.15) is 0 Å². The van der Waals surface area contributed by atoms with Crippen molar-refractivity contribution in [2.24, 2.45) is 5.92 Å². The van der Waals surface area contributed by atoms with Crippen molar-refractivity contribution in [2.75, 3.05) is 17.6 Å². The number of aryl methyl sites for hydroxylation is 1. The Balaban J connectivity index is 1.90. The van der Waals surface area contributed by atoms with Crippen LogP contribution in [0.3, 0.4) is 0 Å². The van der Waals surface area contributed by atoms with Crippen molar-refractivity contribution in [3.05, 3.63) is 23.8 Å². The van der Waals surface area contributed by atoms with E-state index in [0.29, 0.717) is 0 Å². The molecule has 1 aromatic rings. The lowest BCUT2D eigenvalue weighted by Gasteiger charge is -2.22. The van der Waals surface area contributed by atoms with Crippen LogP contribution in [0.25, 0.3) is 0 Å². The molecule has 0 bridgehead atoms. The molecule has 0 aromatic heterocycles. The Morgan fingerprint density at radius 1 is 1.25 bits per heavy atom. The molecule has 1 aliphatic rings. The predicted molar refractivity (Wildman–Crippen MR) is 70.7 cm³/mol. The molecule has 3 N–H and O–H groups in total. The molecule has 2 rings (SSSR count). The van der Waals surface area contributed by atoms with Gasteiger partial charge in [0.1, 0.15) is 0 Å². The summed E-state index contributed by atoms with van der Waals surface area (Å²) in [5, 5.41) is 3.54. The smallest absolute Gasteiger partial charge is 0.0390 e. The van der Waals surface area contributed by atoms with E-state index in [9.17, 15) is 0 Å². The number of rotatable bonds is 3. The van der Waals surface area contributed by atoms with Gasteiger partial charge in [-0.1, -0.05) is 25.3 Å². The van der Waals surface area contributed by atoms with E-state index in [-0.39, 0.29) is 0 Å². The maximum absolute atomic E-state index is 5.80. The Kier molecular flexibility index (Phi) is 3.70. The van der Waals surface area contributed by atoms with Gasteiger partial charge in [0.25, 0.3) is 0 Å². The third-order valence-electron chi connectivity index (χ3n) is 3.57. The van der Waals surface area contributed by atoms with Crippen molar-refractivity contribution >= 4 is 11.4 Å². The first-order valence-electron chi connectivity index (χ1n) is 6.36. The molecule has 0 aliphatic heterocycles. The minimum Gasteiger partial charge on any atom is -0.399 e. The molecule has 1 aromatic carbocycles. The maximum Gasteiger partial charge on any atom is 0.0390 e. The Labute approximate surface area is 98.2 Å². The number of anilines is 2. The highest BCUT2D eigenvalue weighted by Gasteiger charge is 2.13. The SMILES string of the molecule is Cc1ccc(N)cc1NCC1CCCCC1. The number of hydrogen-bond donors (Lipinski definition) is 2. The zero-order valence-electron chi connectivity index (χ0n) is 10.1. The Morgan fingerprint density at radius 3 is 2.75 bits per heavy atom. The molecule has 0 radical (unpaired) electrons. The summed E-state index contributed by atoms with van der Waals surface area (Å²) >= 11 is 0. The molecule has 0 unspecified atom stereocenters. The van der Waals surface area contributed by atoms with E-state index in [0.717, 1.165) is 18.2 Å². The van der Waals surface area contributed by atoms with Crippen molar-refractivity contribution in [1.29, 1.82) is 0 Å². The van der Waals surface area contributed by atoms with E-state index in [2.05, 4.69) is 18.3 Å². The van der Waals surface area contributed by atoms with Crippen molar-refractivity contribution in [3.8, 4) is 0 Å². The second kappa shape index (κ2) is 5.24. The quantitative estimate of drug-likeness (QED) is 0.761. The van der Waals surface area contributed by atoms with Crippen molar-refractivity contribution in [1.82, 2.24) is 0 Å². The van der Waals surface area contributed by atoms with E-state index in [1.165, 1.54) is 43.4 Å².